The molecule has 1 aromatic heterocycles. The Kier molecular flexibility index (Phi) is 31.0. The normalized spacial score (nSPS) is 11.6. The minimum absolute atomic E-state index is 0.889. The van der Waals surface area contributed by atoms with Crippen LogP contribution in [0.1, 0.15) is 230 Å². The zero-order valence-electron chi connectivity index (χ0n) is 35.5. The molecular weight excluding hydrogens is 664 g/mol. The second-order valence-corrected chi connectivity index (χ2v) is 16.8. The van der Waals surface area contributed by atoms with Crippen LogP contribution in [0.3, 0.4) is 0 Å². The Morgan fingerprint density at radius 1 is 0.434 bits per heavy atom. The van der Waals surface area contributed by atoms with Crippen molar-refractivity contribution in [3.05, 3.63) is 58.9 Å². The summed E-state index contributed by atoms with van der Waals surface area (Å²) < 4.78 is 2.07. The molecule has 0 bridgehead atoms. The largest absolute Gasteiger partial charge is 0.370 e. The molecule has 2 aromatic rings. The molecule has 0 fully saturated rings. The van der Waals surface area contributed by atoms with Crippen LogP contribution in [0, 0.1) is 0 Å². The fourth-order valence-electron chi connectivity index (χ4n) is 7.75. The highest BCUT2D eigenvalue weighted by atomic mass is 35.5. The Bertz CT molecular complexity index is 1070. The molecule has 0 saturated heterocycles. The first-order valence-corrected chi connectivity index (χ1v) is 23.7. The SMILES string of the molecule is CCCCCCCCCCCCCCCCCCN(CCCCCCCCCCCCCCCCCC)c1ccc(C=Cc2cc[n+](C)cc2)cc1Cl. The molecule has 0 N–H and O–H groups in total. The van der Waals surface area contributed by atoms with E-state index < -0.39 is 0 Å². The lowest BCUT2D eigenvalue weighted by Gasteiger charge is -2.26. The summed E-state index contributed by atoms with van der Waals surface area (Å²) in [5.41, 5.74) is 3.59. The van der Waals surface area contributed by atoms with Gasteiger partial charge in [-0.05, 0) is 36.1 Å². The molecule has 1 heterocycles. The van der Waals surface area contributed by atoms with Crippen molar-refractivity contribution in [1.82, 2.24) is 0 Å². The van der Waals surface area contributed by atoms with E-state index in [1.807, 2.05) is 0 Å². The number of hydrogen-bond donors (Lipinski definition) is 0. The molecular formula is C50H86ClN2+. The van der Waals surface area contributed by atoms with Crippen LogP contribution in [-0.2, 0) is 7.05 Å². The molecule has 2 rings (SSSR count). The average molecular weight is 751 g/mol. The van der Waals surface area contributed by atoms with Gasteiger partial charge in [-0.1, -0.05) is 236 Å². The van der Waals surface area contributed by atoms with Gasteiger partial charge in [-0.25, -0.2) is 4.57 Å². The van der Waals surface area contributed by atoms with Gasteiger partial charge in [0.25, 0.3) is 0 Å². The molecule has 0 aliphatic rings. The number of aryl methyl sites for hydroxylation is 1. The highest BCUT2D eigenvalue weighted by Gasteiger charge is 2.11. The van der Waals surface area contributed by atoms with Crippen molar-refractivity contribution in [3.8, 4) is 0 Å². The molecule has 3 heteroatoms. The molecule has 0 atom stereocenters. The van der Waals surface area contributed by atoms with Crippen LogP contribution in [0.5, 0.6) is 0 Å². The van der Waals surface area contributed by atoms with Gasteiger partial charge in [-0.2, -0.15) is 0 Å². The molecule has 0 spiro atoms. The van der Waals surface area contributed by atoms with Crippen molar-refractivity contribution >= 4 is 29.4 Å². The van der Waals surface area contributed by atoms with Gasteiger partial charge in [-0.15, -0.1) is 0 Å². The lowest BCUT2D eigenvalue weighted by molar-refractivity contribution is -0.671. The first-order valence-electron chi connectivity index (χ1n) is 23.3. The Balaban J connectivity index is 1.66. The third kappa shape index (κ3) is 26.6. The molecule has 53 heavy (non-hydrogen) atoms. The van der Waals surface area contributed by atoms with E-state index in [1.54, 1.807) is 0 Å². The van der Waals surface area contributed by atoms with Gasteiger partial charge in [-0.3, -0.25) is 0 Å². The lowest BCUT2D eigenvalue weighted by Crippen LogP contribution is -2.26. The van der Waals surface area contributed by atoms with Gasteiger partial charge in [0.2, 0.25) is 0 Å². The van der Waals surface area contributed by atoms with Crippen molar-refractivity contribution in [2.24, 2.45) is 7.05 Å². The van der Waals surface area contributed by atoms with Crippen molar-refractivity contribution in [2.75, 3.05) is 18.0 Å². The number of anilines is 1. The summed E-state index contributed by atoms with van der Waals surface area (Å²) in [4.78, 5) is 2.60. The zero-order valence-corrected chi connectivity index (χ0v) is 36.3. The summed E-state index contributed by atoms with van der Waals surface area (Å²) in [5.74, 6) is 0. The van der Waals surface area contributed by atoms with Crippen molar-refractivity contribution < 1.29 is 4.57 Å². The highest BCUT2D eigenvalue weighted by Crippen LogP contribution is 2.29. The number of benzene rings is 1. The standard InChI is InChI=1S/C50H86ClN2/c1-4-6-8-10-12-14-16-18-20-22-24-26-28-30-32-34-42-53(43-35-33-31-29-27-25-23-21-19-17-15-13-11-9-7-5-2)50-39-38-48(46-49(50)51)37-36-47-40-44-52(3)45-41-47/h36-41,44-46H,4-35,42-43H2,1-3H3/q+1. The minimum atomic E-state index is 0.889. The molecule has 1 aromatic carbocycles. The van der Waals surface area contributed by atoms with E-state index in [2.05, 4.69) is 85.2 Å². The van der Waals surface area contributed by atoms with Crippen LogP contribution in [0.15, 0.2) is 42.7 Å². The van der Waals surface area contributed by atoms with Gasteiger partial charge in [0.1, 0.15) is 7.05 Å². The van der Waals surface area contributed by atoms with Crippen molar-refractivity contribution in [3.63, 3.8) is 0 Å². The van der Waals surface area contributed by atoms with E-state index in [0.29, 0.717) is 0 Å². The Morgan fingerprint density at radius 3 is 1.09 bits per heavy atom. The number of unbranched alkanes of at least 4 members (excludes halogenated alkanes) is 30. The molecule has 0 radical (unpaired) electrons. The maximum atomic E-state index is 7.00. The van der Waals surface area contributed by atoms with Crippen LogP contribution < -0.4 is 9.47 Å². The van der Waals surface area contributed by atoms with Gasteiger partial charge < -0.3 is 4.90 Å². The van der Waals surface area contributed by atoms with Crippen LogP contribution in [0.2, 0.25) is 5.02 Å². The second-order valence-electron chi connectivity index (χ2n) is 16.4. The van der Waals surface area contributed by atoms with Gasteiger partial charge in [0.05, 0.1) is 10.7 Å². The topological polar surface area (TPSA) is 7.12 Å². The summed E-state index contributed by atoms with van der Waals surface area (Å²) in [7, 11) is 2.05. The fourth-order valence-corrected chi connectivity index (χ4v) is 8.06. The summed E-state index contributed by atoms with van der Waals surface area (Å²) in [6.45, 7) is 6.85. The molecule has 302 valence electrons. The van der Waals surface area contributed by atoms with Gasteiger partial charge in [0.15, 0.2) is 12.4 Å². The average Bonchev–Trinajstić information content (AvgIpc) is 3.16. The third-order valence-electron chi connectivity index (χ3n) is 11.3. The smallest absolute Gasteiger partial charge is 0.169 e. The second kappa shape index (κ2) is 34.7. The van der Waals surface area contributed by atoms with Crippen LogP contribution >= 0.6 is 11.6 Å². The predicted molar refractivity (Wildman–Crippen MR) is 239 cm³/mol. The number of aromatic nitrogens is 1. The lowest BCUT2D eigenvalue weighted by atomic mass is 10.0. The first-order chi connectivity index (χ1) is 26.1. The maximum absolute atomic E-state index is 7.00. The third-order valence-corrected chi connectivity index (χ3v) is 11.7. The fraction of sp³-hybridized carbons (Fsp3) is 0.740. The predicted octanol–water partition coefficient (Wildman–Crippen LogP) is 16.7. The van der Waals surface area contributed by atoms with Gasteiger partial charge in [0, 0.05) is 25.2 Å². The quantitative estimate of drug-likeness (QED) is 0.0493. The van der Waals surface area contributed by atoms with Gasteiger partial charge >= 0.3 is 0 Å². The molecule has 2 nitrogen and oxygen atoms in total. The number of nitrogens with zero attached hydrogens (tertiary/aromatic N) is 2. The molecule has 0 aliphatic carbocycles. The zero-order chi connectivity index (χ0) is 37.9. The summed E-state index contributed by atoms with van der Waals surface area (Å²) in [5, 5.41) is 0.889. The van der Waals surface area contributed by atoms with E-state index in [-0.39, 0.29) is 0 Å². The van der Waals surface area contributed by atoms with Crippen LogP contribution in [0.4, 0.5) is 5.69 Å². The molecule has 0 amide bonds. The number of hydrogen-bond acceptors (Lipinski definition) is 1. The summed E-state index contributed by atoms with van der Waals surface area (Å²) in [6, 6.07) is 11.0. The van der Waals surface area contributed by atoms with Crippen molar-refractivity contribution in [2.45, 2.75) is 219 Å². The molecule has 0 aliphatic heterocycles. The minimum Gasteiger partial charge on any atom is -0.370 e. The molecule has 0 unspecified atom stereocenters. The van der Waals surface area contributed by atoms with E-state index in [4.69, 9.17) is 11.6 Å². The number of pyridine rings is 1. The Morgan fingerprint density at radius 2 is 0.755 bits per heavy atom. The van der Waals surface area contributed by atoms with Crippen LogP contribution in [-0.4, -0.2) is 13.1 Å². The molecule has 0 saturated carbocycles. The van der Waals surface area contributed by atoms with Crippen LogP contribution in [0.25, 0.3) is 12.2 Å². The van der Waals surface area contributed by atoms with E-state index in [0.717, 1.165) is 23.7 Å². The summed E-state index contributed by atoms with van der Waals surface area (Å²) in [6.07, 6.45) is 53.8. The van der Waals surface area contributed by atoms with E-state index in [1.165, 1.54) is 217 Å². The monoisotopic (exact) mass is 750 g/mol. The Hall–Kier alpha value is -1.80. The maximum Gasteiger partial charge on any atom is 0.169 e. The highest BCUT2D eigenvalue weighted by molar-refractivity contribution is 6.33. The van der Waals surface area contributed by atoms with E-state index >= 15 is 0 Å². The number of rotatable bonds is 37. The summed E-state index contributed by atoms with van der Waals surface area (Å²) >= 11 is 7.00. The number of halogens is 1. The Labute approximate surface area is 336 Å². The van der Waals surface area contributed by atoms with E-state index in [9.17, 15) is 0 Å². The van der Waals surface area contributed by atoms with Crippen molar-refractivity contribution in [1.29, 1.82) is 0 Å². The first kappa shape index (κ1) is 47.4.